The standard InChI is InChI=1S/C16H22N2O2/c1-3-4-5-12-10-18(9-8-17)15-13(12)7-6-11(2)14(15)16(19)20/h6-7,10H,3-5,8-9,17H2,1-2H3,(H,19,20). The van der Waals surface area contributed by atoms with Crippen LogP contribution in [0.2, 0.25) is 0 Å². The summed E-state index contributed by atoms with van der Waals surface area (Å²) >= 11 is 0. The van der Waals surface area contributed by atoms with Crippen molar-refractivity contribution in [3.05, 3.63) is 35.0 Å². The van der Waals surface area contributed by atoms with Gasteiger partial charge in [-0.15, -0.1) is 0 Å². The molecule has 0 unspecified atom stereocenters. The maximum absolute atomic E-state index is 11.6. The second kappa shape index (κ2) is 6.09. The lowest BCUT2D eigenvalue weighted by Gasteiger charge is -2.08. The Labute approximate surface area is 119 Å². The van der Waals surface area contributed by atoms with E-state index in [1.807, 2.05) is 23.6 Å². The molecule has 108 valence electrons. The maximum atomic E-state index is 11.6. The number of aryl methyl sites for hydroxylation is 2. The number of nitrogens with two attached hydrogens (primary N) is 1. The van der Waals surface area contributed by atoms with Crippen molar-refractivity contribution in [3.8, 4) is 0 Å². The zero-order valence-electron chi connectivity index (χ0n) is 12.1. The highest BCUT2D eigenvalue weighted by atomic mass is 16.4. The van der Waals surface area contributed by atoms with Gasteiger partial charge in [0.15, 0.2) is 0 Å². The molecule has 0 aliphatic rings. The van der Waals surface area contributed by atoms with Crippen molar-refractivity contribution >= 4 is 16.9 Å². The fourth-order valence-electron chi connectivity index (χ4n) is 2.72. The number of rotatable bonds is 6. The van der Waals surface area contributed by atoms with Crippen LogP contribution in [0, 0.1) is 6.92 Å². The van der Waals surface area contributed by atoms with Gasteiger partial charge in [0.1, 0.15) is 0 Å². The van der Waals surface area contributed by atoms with Crippen molar-refractivity contribution in [2.24, 2.45) is 5.73 Å². The van der Waals surface area contributed by atoms with E-state index in [9.17, 15) is 9.90 Å². The Kier molecular flexibility index (Phi) is 4.45. The van der Waals surface area contributed by atoms with Crippen LogP contribution < -0.4 is 5.73 Å². The summed E-state index contributed by atoms with van der Waals surface area (Å²) in [5.41, 5.74) is 8.89. The van der Waals surface area contributed by atoms with Crippen LogP contribution in [0.15, 0.2) is 18.3 Å². The summed E-state index contributed by atoms with van der Waals surface area (Å²) in [7, 11) is 0. The molecule has 0 amide bonds. The van der Waals surface area contributed by atoms with Gasteiger partial charge in [0.2, 0.25) is 0 Å². The average Bonchev–Trinajstić information content (AvgIpc) is 2.74. The lowest BCUT2D eigenvalue weighted by atomic mass is 10.0. The molecule has 0 spiro atoms. The highest BCUT2D eigenvalue weighted by molar-refractivity contribution is 6.04. The monoisotopic (exact) mass is 274 g/mol. The van der Waals surface area contributed by atoms with Crippen molar-refractivity contribution < 1.29 is 9.90 Å². The normalized spacial score (nSPS) is 11.2. The topological polar surface area (TPSA) is 68.2 Å². The molecule has 2 rings (SSSR count). The van der Waals surface area contributed by atoms with Gasteiger partial charge in [0.25, 0.3) is 0 Å². The first-order chi connectivity index (χ1) is 9.60. The Morgan fingerprint density at radius 1 is 1.40 bits per heavy atom. The number of benzene rings is 1. The minimum absolute atomic E-state index is 0.402. The first-order valence-corrected chi connectivity index (χ1v) is 7.14. The van der Waals surface area contributed by atoms with E-state index >= 15 is 0 Å². The summed E-state index contributed by atoms with van der Waals surface area (Å²) in [6.07, 6.45) is 5.28. The summed E-state index contributed by atoms with van der Waals surface area (Å²) in [5.74, 6) is -0.869. The van der Waals surface area contributed by atoms with E-state index in [1.54, 1.807) is 0 Å². The summed E-state index contributed by atoms with van der Waals surface area (Å²) < 4.78 is 2.00. The third-order valence-corrected chi connectivity index (χ3v) is 3.71. The van der Waals surface area contributed by atoms with E-state index in [-0.39, 0.29) is 0 Å². The molecule has 4 heteroatoms. The highest BCUT2D eigenvalue weighted by Crippen LogP contribution is 2.28. The van der Waals surface area contributed by atoms with Gasteiger partial charge >= 0.3 is 5.97 Å². The maximum Gasteiger partial charge on any atom is 0.338 e. The fourth-order valence-corrected chi connectivity index (χ4v) is 2.72. The molecule has 0 atom stereocenters. The van der Waals surface area contributed by atoms with E-state index in [1.165, 1.54) is 5.56 Å². The van der Waals surface area contributed by atoms with Crippen molar-refractivity contribution in [2.75, 3.05) is 6.54 Å². The molecule has 0 fully saturated rings. The quantitative estimate of drug-likeness (QED) is 0.851. The van der Waals surface area contributed by atoms with Gasteiger partial charge in [-0.1, -0.05) is 25.5 Å². The summed E-state index contributed by atoms with van der Waals surface area (Å²) in [6, 6.07) is 3.93. The zero-order chi connectivity index (χ0) is 14.7. The average molecular weight is 274 g/mol. The Balaban J connectivity index is 2.68. The van der Waals surface area contributed by atoms with Gasteiger partial charge in [0.05, 0.1) is 11.1 Å². The van der Waals surface area contributed by atoms with Crippen molar-refractivity contribution in [3.63, 3.8) is 0 Å². The van der Waals surface area contributed by atoms with E-state index in [4.69, 9.17) is 5.73 Å². The van der Waals surface area contributed by atoms with Crippen molar-refractivity contribution in [2.45, 2.75) is 39.7 Å². The molecule has 1 heterocycles. The molecular weight excluding hydrogens is 252 g/mol. The number of carboxylic acids is 1. The smallest absolute Gasteiger partial charge is 0.338 e. The van der Waals surface area contributed by atoms with Crippen molar-refractivity contribution in [1.29, 1.82) is 0 Å². The first-order valence-electron chi connectivity index (χ1n) is 7.14. The third-order valence-electron chi connectivity index (χ3n) is 3.71. The summed E-state index contributed by atoms with van der Waals surface area (Å²) in [4.78, 5) is 11.6. The van der Waals surface area contributed by atoms with Crippen LogP contribution >= 0.6 is 0 Å². The number of hydrogen-bond acceptors (Lipinski definition) is 2. The lowest BCUT2D eigenvalue weighted by Crippen LogP contribution is -2.11. The molecule has 0 saturated carbocycles. The predicted molar refractivity (Wildman–Crippen MR) is 81.3 cm³/mol. The van der Waals surface area contributed by atoms with Crippen LogP contribution in [0.5, 0.6) is 0 Å². The second-order valence-electron chi connectivity index (χ2n) is 5.20. The molecule has 4 nitrogen and oxygen atoms in total. The van der Waals surface area contributed by atoms with E-state index in [2.05, 4.69) is 13.1 Å². The van der Waals surface area contributed by atoms with Crippen LogP contribution in [0.1, 0.15) is 41.3 Å². The van der Waals surface area contributed by atoms with Crippen LogP contribution in [-0.4, -0.2) is 22.2 Å². The summed E-state index contributed by atoms with van der Waals surface area (Å²) in [6.45, 7) is 5.15. The number of unbranched alkanes of at least 4 members (excludes halogenated alkanes) is 1. The number of aromatic carboxylic acids is 1. The van der Waals surface area contributed by atoms with Gasteiger partial charge in [-0.05, 0) is 30.9 Å². The van der Waals surface area contributed by atoms with Gasteiger partial charge in [-0.3, -0.25) is 0 Å². The molecule has 2 aromatic rings. The number of nitrogens with zero attached hydrogens (tertiary/aromatic N) is 1. The number of aromatic nitrogens is 1. The molecule has 0 bridgehead atoms. The van der Waals surface area contributed by atoms with Crippen LogP contribution in [0.4, 0.5) is 0 Å². The first kappa shape index (κ1) is 14.6. The molecule has 1 aromatic carbocycles. The molecule has 3 N–H and O–H groups in total. The molecule has 0 aliphatic heterocycles. The third kappa shape index (κ3) is 2.56. The number of carboxylic acid groups (broad SMARTS) is 1. The summed E-state index contributed by atoms with van der Waals surface area (Å²) in [5, 5.41) is 10.5. The lowest BCUT2D eigenvalue weighted by molar-refractivity contribution is 0.0698. The predicted octanol–water partition coefficient (Wildman–Crippen LogP) is 2.95. The molecule has 20 heavy (non-hydrogen) atoms. The van der Waals surface area contributed by atoms with Crippen LogP contribution in [0.3, 0.4) is 0 Å². The van der Waals surface area contributed by atoms with Gasteiger partial charge in [0, 0.05) is 24.7 Å². The SMILES string of the molecule is CCCCc1cn(CCN)c2c(C(=O)O)c(C)ccc12. The second-order valence-corrected chi connectivity index (χ2v) is 5.20. The number of carbonyl (C=O) groups is 1. The van der Waals surface area contributed by atoms with E-state index in [0.29, 0.717) is 18.7 Å². The van der Waals surface area contributed by atoms with E-state index in [0.717, 1.165) is 35.7 Å². The zero-order valence-corrected chi connectivity index (χ0v) is 12.1. The van der Waals surface area contributed by atoms with E-state index < -0.39 is 5.97 Å². The van der Waals surface area contributed by atoms with Gasteiger partial charge < -0.3 is 15.4 Å². The Bertz CT molecular complexity index is 629. The molecule has 1 aromatic heterocycles. The van der Waals surface area contributed by atoms with Crippen molar-refractivity contribution in [1.82, 2.24) is 4.57 Å². The number of fused-ring (bicyclic) bond motifs is 1. The molecular formula is C16H22N2O2. The number of hydrogen-bond donors (Lipinski definition) is 2. The van der Waals surface area contributed by atoms with Gasteiger partial charge in [-0.25, -0.2) is 4.79 Å². The fraction of sp³-hybridized carbons (Fsp3) is 0.438. The highest BCUT2D eigenvalue weighted by Gasteiger charge is 2.18. The Morgan fingerprint density at radius 3 is 2.75 bits per heavy atom. The Hall–Kier alpha value is -1.81. The minimum atomic E-state index is -0.869. The van der Waals surface area contributed by atoms with Crippen LogP contribution in [0.25, 0.3) is 10.9 Å². The Morgan fingerprint density at radius 2 is 2.15 bits per heavy atom. The molecule has 0 radical (unpaired) electrons. The molecule has 0 saturated heterocycles. The largest absolute Gasteiger partial charge is 0.478 e. The van der Waals surface area contributed by atoms with Crippen LogP contribution in [-0.2, 0) is 13.0 Å². The molecule has 0 aliphatic carbocycles. The minimum Gasteiger partial charge on any atom is -0.478 e. The van der Waals surface area contributed by atoms with Gasteiger partial charge in [-0.2, -0.15) is 0 Å².